The van der Waals surface area contributed by atoms with Crippen LogP contribution >= 0.6 is 11.3 Å². The minimum absolute atomic E-state index is 0.347. The number of esters is 1. The van der Waals surface area contributed by atoms with Crippen LogP contribution in [0.3, 0.4) is 0 Å². The molecule has 0 N–H and O–H groups in total. The van der Waals surface area contributed by atoms with Crippen molar-refractivity contribution in [2.75, 3.05) is 6.61 Å². The summed E-state index contributed by atoms with van der Waals surface area (Å²) in [6, 6.07) is 4.05. The Balaban J connectivity index is 2.25. The van der Waals surface area contributed by atoms with Gasteiger partial charge in [-0.2, -0.15) is 0 Å². The van der Waals surface area contributed by atoms with Crippen LogP contribution in [0.1, 0.15) is 41.3 Å². The molecule has 102 valence electrons. The molecule has 0 amide bonds. The summed E-state index contributed by atoms with van der Waals surface area (Å²) < 4.78 is 6.80. The maximum absolute atomic E-state index is 11.8. The van der Waals surface area contributed by atoms with E-state index in [-0.39, 0.29) is 5.97 Å². The van der Waals surface area contributed by atoms with Crippen molar-refractivity contribution in [1.82, 2.24) is 15.0 Å². The SMILES string of the molecule is CCCc1c(C(=O)OCC)nnn1Cc1cccs1. The summed E-state index contributed by atoms with van der Waals surface area (Å²) in [6.07, 6.45) is 1.71. The van der Waals surface area contributed by atoms with Crippen molar-refractivity contribution in [1.29, 1.82) is 0 Å². The van der Waals surface area contributed by atoms with Gasteiger partial charge in [-0.1, -0.05) is 24.6 Å². The maximum Gasteiger partial charge on any atom is 0.360 e. The van der Waals surface area contributed by atoms with Gasteiger partial charge in [0.15, 0.2) is 5.69 Å². The molecule has 2 heterocycles. The minimum Gasteiger partial charge on any atom is -0.461 e. The lowest BCUT2D eigenvalue weighted by atomic mass is 10.2. The van der Waals surface area contributed by atoms with Gasteiger partial charge >= 0.3 is 5.97 Å². The Labute approximate surface area is 116 Å². The first-order valence-corrected chi connectivity index (χ1v) is 7.26. The van der Waals surface area contributed by atoms with Crippen LogP contribution < -0.4 is 0 Å². The van der Waals surface area contributed by atoms with Crippen LogP contribution in [-0.2, 0) is 17.7 Å². The molecule has 2 rings (SSSR count). The van der Waals surface area contributed by atoms with E-state index in [1.165, 1.54) is 4.88 Å². The molecule has 0 bridgehead atoms. The highest BCUT2D eigenvalue weighted by Crippen LogP contribution is 2.15. The fraction of sp³-hybridized carbons (Fsp3) is 0.462. The van der Waals surface area contributed by atoms with Gasteiger partial charge in [0.25, 0.3) is 0 Å². The highest BCUT2D eigenvalue weighted by Gasteiger charge is 2.20. The second kappa shape index (κ2) is 6.47. The third kappa shape index (κ3) is 3.20. The van der Waals surface area contributed by atoms with Crippen LogP contribution in [-0.4, -0.2) is 27.6 Å². The van der Waals surface area contributed by atoms with Crippen molar-refractivity contribution in [3.8, 4) is 0 Å². The monoisotopic (exact) mass is 279 g/mol. The van der Waals surface area contributed by atoms with Crippen molar-refractivity contribution in [2.45, 2.75) is 33.2 Å². The Kier molecular flexibility index (Phi) is 4.68. The molecule has 0 aliphatic carbocycles. The summed E-state index contributed by atoms with van der Waals surface area (Å²) in [4.78, 5) is 13.0. The third-order valence-electron chi connectivity index (χ3n) is 2.68. The second-order valence-corrected chi connectivity index (χ2v) is 5.12. The van der Waals surface area contributed by atoms with Crippen LogP contribution in [0.5, 0.6) is 0 Å². The second-order valence-electron chi connectivity index (χ2n) is 4.09. The summed E-state index contributed by atoms with van der Waals surface area (Å²) in [5.74, 6) is -0.386. The number of rotatable bonds is 6. The highest BCUT2D eigenvalue weighted by molar-refractivity contribution is 7.09. The summed E-state index contributed by atoms with van der Waals surface area (Å²) in [6.45, 7) is 4.85. The largest absolute Gasteiger partial charge is 0.461 e. The molecule has 0 fully saturated rings. The number of hydrogen-bond acceptors (Lipinski definition) is 5. The van der Waals surface area contributed by atoms with Crippen LogP contribution in [0.2, 0.25) is 0 Å². The maximum atomic E-state index is 11.8. The quantitative estimate of drug-likeness (QED) is 0.762. The van der Waals surface area contributed by atoms with Crippen molar-refractivity contribution in [3.63, 3.8) is 0 Å². The van der Waals surface area contributed by atoms with E-state index in [1.54, 1.807) is 22.9 Å². The van der Waals surface area contributed by atoms with Crippen molar-refractivity contribution in [3.05, 3.63) is 33.8 Å². The predicted octanol–water partition coefficient (Wildman–Crippen LogP) is 2.52. The number of carbonyl (C=O) groups excluding carboxylic acids is 1. The van der Waals surface area contributed by atoms with E-state index in [0.717, 1.165) is 18.5 Å². The van der Waals surface area contributed by atoms with E-state index in [0.29, 0.717) is 18.8 Å². The third-order valence-corrected chi connectivity index (χ3v) is 3.54. The first kappa shape index (κ1) is 13.7. The number of aromatic nitrogens is 3. The molecule has 0 saturated heterocycles. The molecule has 0 unspecified atom stereocenters. The first-order valence-electron chi connectivity index (χ1n) is 6.38. The normalized spacial score (nSPS) is 10.6. The van der Waals surface area contributed by atoms with Gasteiger partial charge in [-0.05, 0) is 24.8 Å². The van der Waals surface area contributed by atoms with E-state index in [4.69, 9.17) is 4.74 Å². The highest BCUT2D eigenvalue weighted by atomic mass is 32.1. The Morgan fingerprint density at radius 2 is 2.32 bits per heavy atom. The van der Waals surface area contributed by atoms with E-state index >= 15 is 0 Å². The van der Waals surface area contributed by atoms with Crippen molar-refractivity contribution >= 4 is 17.3 Å². The molecule has 0 saturated carbocycles. The standard InChI is InChI=1S/C13H17N3O2S/c1-3-6-11-12(13(17)18-4-2)14-15-16(11)9-10-7-5-8-19-10/h5,7-8H,3-4,6,9H2,1-2H3. The van der Waals surface area contributed by atoms with Gasteiger partial charge < -0.3 is 4.74 Å². The fourth-order valence-corrected chi connectivity index (χ4v) is 2.54. The summed E-state index contributed by atoms with van der Waals surface area (Å²) in [5, 5.41) is 10.1. The molecule has 0 aliphatic rings. The van der Waals surface area contributed by atoms with Gasteiger partial charge in [0.1, 0.15) is 0 Å². The predicted molar refractivity (Wildman–Crippen MR) is 73.4 cm³/mol. The van der Waals surface area contributed by atoms with Gasteiger partial charge in [0.05, 0.1) is 18.8 Å². The van der Waals surface area contributed by atoms with Gasteiger partial charge in [0, 0.05) is 4.88 Å². The van der Waals surface area contributed by atoms with E-state index in [9.17, 15) is 4.79 Å². The fourth-order valence-electron chi connectivity index (χ4n) is 1.85. The van der Waals surface area contributed by atoms with E-state index in [1.807, 2.05) is 17.5 Å². The molecular weight excluding hydrogens is 262 g/mol. The average Bonchev–Trinajstić information content (AvgIpc) is 3.02. The van der Waals surface area contributed by atoms with Crippen LogP contribution in [0.15, 0.2) is 17.5 Å². The minimum atomic E-state index is -0.386. The molecule has 2 aromatic rings. The van der Waals surface area contributed by atoms with Gasteiger partial charge in [-0.25, -0.2) is 9.48 Å². The zero-order valence-corrected chi connectivity index (χ0v) is 11.9. The van der Waals surface area contributed by atoms with E-state index in [2.05, 4.69) is 17.2 Å². The lowest BCUT2D eigenvalue weighted by Crippen LogP contribution is -2.11. The lowest BCUT2D eigenvalue weighted by Gasteiger charge is -2.05. The zero-order chi connectivity index (χ0) is 13.7. The summed E-state index contributed by atoms with van der Waals surface area (Å²) in [7, 11) is 0. The molecule has 0 atom stereocenters. The number of carbonyl (C=O) groups is 1. The smallest absolute Gasteiger partial charge is 0.360 e. The summed E-state index contributed by atoms with van der Waals surface area (Å²) in [5.41, 5.74) is 1.20. The molecule has 0 aliphatic heterocycles. The lowest BCUT2D eigenvalue weighted by molar-refractivity contribution is 0.0518. The molecular formula is C13H17N3O2S. The molecule has 0 aromatic carbocycles. The topological polar surface area (TPSA) is 57.0 Å². The number of ether oxygens (including phenoxy) is 1. The Bertz CT molecular complexity index is 534. The van der Waals surface area contributed by atoms with Gasteiger partial charge in [-0.15, -0.1) is 16.4 Å². The van der Waals surface area contributed by atoms with Crippen molar-refractivity contribution < 1.29 is 9.53 Å². The van der Waals surface area contributed by atoms with Crippen LogP contribution in [0.4, 0.5) is 0 Å². The van der Waals surface area contributed by atoms with Crippen LogP contribution in [0, 0.1) is 0 Å². The number of thiophene rings is 1. The first-order chi connectivity index (χ1) is 9.26. The summed E-state index contributed by atoms with van der Waals surface area (Å²) >= 11 is 1.67. The molecule has 0 radical (unpaired) electrons. The molecule has 2 aromatic heterocycles. The Hall–Kier alpha value is -1.69. The van der Waals surface area contributed by atoms with Crippen LogP contribution in [0.25, 0.3) is 0 Å². The van der Waals surface area contributed by atoms with Crippen molar-refractivity contribution in [2.24, 2.45) is 0 Å². The van der Waals surface area contributed by atoms with Gasteiger partial charge in [-0.3, -0.25) is 0 Å². The molecule has 5 nitrogen and oxygen atoms in total. The number of hydrogen-bond donors (Lipinski definition) is 0. The van der Waals surface area contributed by atoms with Gasteiger partial charge in [0.2, 0.25) is 0 Å². The Morgan fingerprint density at radius 3 is 2.95 bits per heavy atom. The molecule has 6 heteroatoms. The Morgan fingerprint density at radius 1 is 1.47 bits per heavy atom. The molecule has 0 spiro atoms. The molecule has 19 heavy (non-hydrogen) atoms. The zero-order valence-electron chi connectivity index (χ0n) is 11.1. The number of nitrogens with zero attached hydrogens (tertiary/aromatic N) is 3. The average molecular weight is 279 g/mol. The van der Waals surface area contributed by atoms with E-state index < -0.39 is 0 Å².